The van der Waals surface area contributed by atoms with Gasteiger partial charge in [0.15, 0.2) is 0 Å². The highest BCUT2D eigenvalue weighted by molar-refractivity contribution is 5.73. The average Bonchev–Trinajstić information content (AvgIpc) is 2.34. The second-order valence-electron chi connectivity index (χ2n) is 4.73. The molecular weight excluding hydrogens is 222 g/mol. The molecule has 0 aromatic rings. The van der Waals surface area contributed by atoms with Crippen LogP contribution < -0.4 is 5.73 Å². The molecule has 0 aliphatic carbocycles. The van der Waals surface area contributed by atoms with Crippen LogP contribution >= 0.6 is 0 Å². The Bertz CT molecular complexity index is 243. The summed E-state index contributed by atoms with van der Waals surface area (Å²) in [5, 5.41) is 0. The molecule has 0 bridgehead atoms. The third-order valence-electron chi connectivity index (χ3n) is 2.82. The van der Waals surface area contributed by atoms with Crippen LogP contribution in [0, 0.1) is 0 Å². The topological polar surface area (TPSA) is 43.1 Å². The summed E-state index contributed by atoms with van der Waals surface area (Å²) >= 11 is 0. The highest BCUT2D eigenvalue weighted by atomic mass is 16.1. The van der Waals surface area contributed by atoms with Gasteiger partial charge in [-0.3, -0.25) is 4.79 Å². The van der Waals surface area contributed by atoms with E-state index in [0.29, 0.717) is 6.42 Å². The first-order valence-corrected chi connectivity index (χ1v) is 7.35. The van der Waals surface area contributed by atoms with Crippen molar-refractivity contribution < 1.29 is 4.79 Å². The fraction of sp³-hybridized carbons (Fsp3) is 0.688. The van der Waals surface area contributed by atoms with E-state index in [1.54, 1.807) is 0 Å². The van der Waals surface area contributed by atoms with Gasteiger partial charge in [0.2, 0.25) is 5.91 Å². The van der Waals surface area contributed by atoms with Crippen LogP contribution in [0.1, 0.15) is 71.1 Å². The van der Waals surface area contributed by atoms with Gasteiger partial charge in [-0.25, -0.2) is 0 Å². The van der Waals surface area contributed by atoms with E-state index in [0.717, 1.165) is 19.3 Å². The molecule has 0 unspecified atom stereocenters. The van der Waals surface area contributed by atoms with Crippen molar-refractivity contribution in [2.24, 2.45) is 5.73 Å². The zero-order valence-corrected chi connectivity index (χ0v) is 11.9. The van der Waals surface area contributed by atoms with Crippen LogP contribution in [0.5, 0.6) is 0 Å². The maximum atomic E-state index is 10.5. The normalized spacial score (nSPS) is 11.6. The lowest BCUT2D eigenvalue weighted by molar-refractivity contribution is -0.118. The van der Waals surface area contributed by atoms with Gasteiger partial charge in [0, 0.05) is 6.42 Å². The summed E-state index contributed by atoms with van der Waals surface area (Å²) in [6.45, 7) is 2.21. The van der Waals surface area contributed by atoms with Gasteiger partial charge in [-0.05, 0) is 51.4 Å². The lowest BCUT2D eigenvalue weighted by atomic mass is 10.1. The first kappa shape index (κ1) is 16.9. The van der Waals surface area contributed by atoms with Crippen LogP contribution in [-0.4, -0.2) is 5.91 Å². The van der Waals surface area contributed by atoms with E-state index in [9.17, 15) is 4.79 Å². The van der Waals surface area contributed by atoms with Gasteiger partial charge in [-0.2, -0.15) is 0 Å². The van der Waals surface area contributed by atoms with Crippen LogP contribution in [0.2, 0.25) is 0 Å². The van der Waals surface area contributed by atoms with Gasteiger partial charge in [0.05, 0.1) is 0 Å². The highest BCUT2D eigenvalue weighted by Gasteiger charge is 1.92. The number of nitrogens with two attached hydrogens (primary N) is 1. The molecule has 0 aromatic carbocycles. The smallest absolute Gasteiger partial charge is 0.217 e. The van der Waals surface area contributed by atoms with Crippen LogP contribution in [-0.2, 0) is 4.79 Å². The highest BCUT2D eigenvalue weighted by Crippen LogP contribution is 2.05. The number of amides is 1. The maximum absolute atomic E-state index is 10.5. The largest absolute Gasteiger partial charge is 0.370 e. The third kappa shape index (κ3) is 14.9. The number of hydrogen-bond donors (Lipinski definition) is 1. The molecule has 104 valence electrons. The van der Waals surface area contributed by atoms with E-state index >= 15 is 0 Å². The zero-order chi connectivity index (χ0) is 13.5. The number of unbranched alkanes of at least 4 members (excludes halogenated alkanes) is 6. The SMILES string of the molecule is CCCC=CCCCCC=CCCCCC(N)=O. The molecule has 0 heterocycles. The van der Waals surface area contributed by atoms with E-state index in [2.05, 4.69) is 31.2 Å². The van der Waals surface area contributed by atoms with Crippen LogP contribution in [0.25, 0.3) is 0 Å². The molecule has 0 aromatic heterocycles. The Hall–Kier alpha value is -1.05. The number of rotatable bonds is 12. The van der Waals surface area contributed by atoms with Crippen molar-refractivity contribution in [2.75, 3.05) is 0 Å². The minimum Gasteiger partial charge on any atom is -0.370 e. The zero-order valence-electron chi connectivity index (χ0n) is 11.9. The lowest BCUT2D eigenvalue weighted by Crippen LogP contribution is -2.09. The average molecular weight is 251 g/mol. The van der Waals surface area contributed by atoms with E-state index in [4.69, 9.17) is 5.73 Å². The molecule has 0 atom stereocenters. The number of primary amides is 1. The Kier molecular flexibility index (Phi) is 13.2. The molecule has 2 N–H and O–H groups in total. The number of allylic oxidation sites excluding steroid dienone is 4. The minimum atomic E-state index is -0.185. The fourth-order valence-corrected chi connectivity index (χ4v) is 1.72. The quantitative estimate of drug-likeness (QED) is 0.402. The molecule has 0 radical (unpaired) electrons. The van der Waals surface area contributed by atoms with Crippen molar-refractivity contribution in [1.29, 1.82) is 0 Å². The second kappa shape index (κ2) is 14.0. The summed E-state index contributed by atoms with van der Waals surface area (Å²) in [5.41, 5.74) is 5.07. The Morgan fingerprint density at radius 1 is 0.833 bits per heavy atom. The molecule has 18 heavy (non-hydrogen) atoms. The molecule has 0 rings (SSSR count). The van der Waals surface area contributed by atoms with E-state index in [1.807, 2.05) is 0 Å². The van der Waals surface area contributed by atoms with Gasteiger partial charge >= 0.3 is 0 Å². The molecule has 0 aliphatic rings. The van der Waals surface area contributed by atoms with Gasteiger partial charge in [0.25, 0.3) is 0 Å². The van der Waals surface area contributed by atoms with Crippen molar-refractivity contribution in [2.45, 2.75) is 71.1 Å². The molecule has 2 nitrogen and oxygen atoms in total. The molecule has 0 aliphatic heterocycles. The number of hydrogen-bond acceptors (Lipinski definition) is 1. The molecular formula is C16H29NO. The Morgan fingerprint density at radius 3 is 1.72 bits per heavy atom. The Labute approximate surface area is 112 Å². The Balaban J connectivity index is 3.16. The van der Waals surface area contributed by atoms with Crippen LogP contribution in [0.4, 0.5) is 0 Å². The minimum absolute atomic E-state index is 0.185. The van der Waals surface area contributed by atoms with Crippen molar-refractivity contribution in [1.82, 2.24) is 0 Å². The maximum Gasteiger partial charge on any atom is 0.217 e. The predicted molar refractivity (Wildman–Crippen MR) is 79.3 cm³/mol. The Morgan fingerprint density at radius 2 is 1.28 bits per heavy atom. The standard InChI is InChI=1S/C16H29NO/c1-2-3-4-5-6-7-8-9-10-11-12-13-14-15-16(17)18/h4-5,10-11H,2-3,6-9,12-15H2,1H3,(H2,17,18). The summed E-state index contributed by atoms with van der Waals surface area (Å²) in [6.07, 6.45) is 20.1. The van der Waals surface area contributed by atoms with Crippen LogP contribution in [0.3, 0.4) is 0 Å². The van der Waals surface area contributed by atoms with E-state index < -0.39 is 0 Å². The summed E-state index contributed by atoms with van der Waals surface area (Å²) in [4.78, 5) is 10.5. The monoisotopic (exact) mass is 251 g/mol. The van der Waals surface area contributed by atoms with Crippen molar-refractivity contribution >= 4 is 5.91 Å². The molecule has 1 amide bonds. The molecule has 0 saturated carbocycles. The van der Waals surface area contributed by atoms with Crippen LogP contribution in [0.15, 0.2) is 24.3 Å². The summed E-state index contributed by atoms with van der Waals surface area (Å²) < 4.78 is 0. The van der Waals surface area contributed by atoms with E-state index in [-0.39, 0.29) is 5.91 Å². The third-order valence-corrected chi connectivity index (χ3v) is 2.82. The van der Waals surface area contributed by atoms with Crippen molar-refractivity contribution in [3.05, 3.63) is 24.3 Å². The molecule has 0 fully saturated rings. The molecule has 0 spiro atoms. The van der Waals surface area contributed by atoms with E-state index in [1.165, 1.54) is 38.5 Å². The van der Waals surface area contributed by atoms with Gasteiger partial charge in [-0.1, -0.05) is 37.6 Å². The first-order chi connectivity index (χ1) is 8.77. The predicted octanol–water partition coefficient (Wildman–Crippen LogP) is 4.51. The summed E-state index contributed by atoms with van der Waals surface area (Å²) in [6, 6.07) is 0. The summed E-state index contributed by atoms with van der Waals surface area (Å²) in [5.74, 6) is -0.185. The number of carbonyl (C=O) groups is 1. The van der Waals surface area contributed by atoms with Gasteiger partial charge in [-0.15, -0.1) is 0 Å². The molecule has 0 saturated heterocycles. The second-order valence-corrected chi connectivity index (χ2v) is 4.73. The van der Waals surface area contributed by atoms with Crippen molar-refractivity contribution in [3.8, 4) is 0 Å². The molecule has 2 heteroatoms. The lowest BCUT2D eigenvalue weighted by Gasteiger charge is -1.95. The number of carbonyl (C=O) groups excluding carboxylic acids is 1. The first-order valence-electron chi connectivity index (χ1n) is 7.35. The fourth-order valence-electron chi connectivity index (χ4n) is 1.72. The van der Waals surface area contributed by atoms with Gasteiger partial charge in [0.1, 0.15) is 0 Å². The van der Waals surface area contributed by atoms with Crippen molar-refractivity contribution in [3.63, 3.8) is 0 Å². The summed E-state index contributed by atoms with van der Waals surface area (Å²) in [7, 11) is 0. The van der Waals surface area contributed by atoms with Gasteiger partial charge < -0.3 is 5.73 Å².